The lowest BCUT2D eigenvalue weighted by atomic mass is 9.89. The predicted molar refractivity (Wildman–Crippen MR) is 146 cm³/mol. The number of hydrogen-bond donors (Lipinski definition) is 1. The van der Waals surface area contributed by atoms with E-state index in [1.165, 1.54) is 10.6 Å². The molecule has 2 aliphatic rings. The Hall–Kier alpha value is -3.67. The first kappa shape index (κ1) is 29.3. The molecule has 0 bridgehead atoms. The van der Waals surface area contributed by atoms with E-state index in [1.807, 2.05) is 0 Å². The van der Waals surface area contributed by atoms with Crippen LogP contribution in [0.25, 0.3) is 0 Å². The average molecular weight is 576 g/mol. The highest BCUT2D eigenvalue weighted by molar-refractivity contribution is 6.35. The Morgan fingerprint density at radius 3 is 2.12 bits per heavy atom. The summed E-state index contributed by atoms with van der Waals surface area (Å²) < 4.78 is 18.1. The van der Waals surface area contributed by atoms with Crippen LogP contribution in [0.3, 0.4) is 0 Å². The molecule has 4 rings (SSSR count). The number of amides is 3. The number of anilines is 1. The molecule has 1 saturated carbocycles. The monoisotopic (exact) mass is 575 g/mol. The number of carbonyl (C=O) groups is 3. The van der Waals surface area contributed by atoms with E-state index in [1.54, 1.807) is 48.5 Å². The maximum atomic E-state index is 13.7. The number of pyridine rings is 1. The average Bonchev–Trinajstić information content (AvgIpc) is 3.09. The van der Waals surface area contributed by atoms with Gasteiger partial charge in [0.05, 0.1) is 0 Å². The zero-order chi connectivity index (χ0) is 29.6. The summed E-state index contributed by atoms with van der Waals surface area (Å²) in [5, 5.41) is 2.68. The molecule has 13 heteroatoms. The van der Waals surface area contributed by atoms with E-state index in [0.29, 0.717) is 23.3 Å². The Morgan fingerprint density at radius 2 is 1.57 bits per heavy atom. The Balaban J connectivity index is 1.77. The molecule has 0 radical (unpaired) electrons. The third kappa shape index (κ3) is 5.77. The molecule has 0 unspecified atom stereocenters. The lowest BCUT2D eigenvalue weighted by molar-refractivity contribution is 0.0428. The van der Waals surface area contributed by atoms with E-state index in [-0.39, 0.29) is 34.1 Å². The largest absolute Gasteiger partial charge is 0.443 e. The van der Waals surface area contributed by atoms with Crippen molar-refractivity contribution in [3.63, 3.8) is 0 Å². The summed E-state index contributed by atoms with van der Waals surface area (Å²) >= 11 is 6.58. The minimum absolute atomic E-state index is 0.129. The van der Waals surface area contributed by atoms with Gasteiger partial charge >= 0.3 is 12.2 Å². The SMILES string of the molecule is Cc1cc(Oc2ncnc(N(C(=O)OC(C)(C)C)C(=O)OC(C)(C)C)c2Cl)c(=O)n2c1C(=O)NC21CCCCC1. The van der Waals surface area contributed by atoms with Gasteiger partial charge in [-0.15, -0.1) is 0 Å². The van der Waals surface area contributed by atoms with Crippen LogP contribution in [0.4, 0.5) is 15.4 Å². The fraction of sp³-hybridized carbons (Fsp3) is 0.556. The van der Waals surface area contributed by atoms with Crippen molar-refractivity contribution in [1.82, 2.24) is 19.9 Å². The van der Waals surface area contributed by atoms with Crippen LogP contribution in [0.15, 0.2) is 17.2 Å². The van der Waals surface area contributed by atoms with Crippen LogP contribution in [0.1, 0.15) is 89.7 Å². The lowest BCUT2D eigenvalue weighted by Gasteiger charge is -2.35. The van der Waals surface area contributed by atoms with Crippen LogP contribution >= 0.6 is 11.6 Å². The van der Waals surface area contributed by atoms with Gasteiger partial charge in [0.2, 0.25) is 5.88 Å². The van der Waals surface area contributed by atoms with Gasteiger partial charge in [0.25, 0.3) is 11.5 Å². The fourth-order valence-corrected chi connectivity index (χ4v) is 5.05. The standard InChI is InChI=1S/C27H34ClN5O7/c1-15-13-16(22(35)33-18(15)20(34)31-27(33)11-9-8-10-12-27)38-21-17(28)19(29-14-30-21)32(23(36)39-25(2,3)4)24(37)40-26(5,6)7/h13-14H,8-12H2,1-7H3,(H,31,34). The van der Waals surface area contributed by atoms with Crippen molar-refractivity contribution in [2.75, 3.05) is 4.90 Å². The number of halogens is 1. The van der Waals surface area contributed by atoms with Gasteiger partial charge in [0, 0.05) is 0 Å². The number of hydrogen-bond acceptors (Lipinski definition) is 9. The van der Waals surface area contributed by atoms with Crippen LogP contribution in [-0.2, 0) is 15.1 Å². The van der Waals surface area contributed by atoms with E-state index >= 15 is 0 Å². The maximum absolute atomic E-state index is 13.7. The van der Waals surface area contributed by atoms with E-state index < -0.39 is 34.6 Å². The molecule has 3 amide bonds. The number of fused-ring (bicyclic) bond motifs is 2. The van der Waals surface area contributed by atoms with E-state index in [4.69, 9.17) is 25.8 Å². The van der Waals surface area contributed by atoms with Crippen LogP contribution in [0.5, 0.6) is 11.6 Å². The molecule has 1 fully saturated rings. The first-order valence-corrected chi connectivity index (χ1v) is 13.4. The van der Waals surface area contributed by atoms with Crippen molar-refractivity contribution in [1.29, 1.82) is 0 Å². The molecular weight excluding hydrogens is 542 g/mol. The fourth-order valence-electron chi connectivity index (χ4n) is 4.83. The van der Waals surface area contributed by atoms with Gasteiger partial charge in [-0.2, -0.15) is 9.88 Å². The van der Waals surface area contributed by atoms with Crippen molar-refractivity contribution in [2.24, 2.45) is 0 Å². The second-order valence-electron chi connectivity index (χ2n) is 11.9. The number of imide groups is 1. The molecule has 12 nitrogen and oxygen atoms in total. The predicted octanol–water partition coefficient (Wildman–Crippen LogP) is 5.43. The summed E-state index contributed by atoms with van der Waals surface area (Å²) in [4.78, 5) is 61.3. The highest BCUT2D eigenvalue weighted by Gasteiger charge is 2.45. The molecule has 216 valence electrons. The van der Waals surface area contributed by atoms with Crippen LogP contribution < -0.4 is 20.5 Å². The van der Waals surface area contributed by atoms with Crippen molar-refractivity contribution >= 4 is 35.5 Å². The second kappa shape index (κ2) is 10.4. The Labute approximate surface area is 237 Å². The Kier molecular flexibility index (Phi) is 7.61. The molecular formula is C27H34ClN5O7. The van der Waals surface area contributed by atoms with Gasteiger partial charge in [-0.3, -0.25) is 14.2 Å². The third-order valence-electron chi connectivity index (χ3n) is 6.34. The molecule has 40 heavy (non-hydrogen) atoms. The number of carbonyl (C=O) groups excluding carboxylic acids is 3. The second-order valence-corrected chi connectivity index (χ2v) is 12.3. The van der Waals surface area contributed by atoms with Crippen molar-refractivity contribution < 1.29 is 28.6 Å². The van der Waals surface area contributed by atoms with Gasteiger partial charge < -0.3 is 19.5 Å². The number of nitrogens with one attached hydrogen (secondary N) is 1. The quantitative estimate of drug-likeness (QED) is 0.507. The zero-order valence-electron chi connectivity index (χ0n) is 23.7. The zero-order valence-corrected chi connectivity index (χ0v) is 24.5. The minimum atomic E-state index is -1.08. The van der Waals surface area contributed by atoms with E-state index in [9.17, 15) is 19.2 Å². The lowest BCUT2D eigenvalue weighted by Crippen LogP contribution is -2.48. The Bertz CT molecular complexity index is 1390. The first-order chi connectivity index (χ1) is 18.5. The molecule has 1 spiro atoms. The molecule has 1 aliphatic heterocycles. The summed E-state index contributed by atoms with van der Waals surface area (Å²) in [5.74, 6) is -1.07. The first-order valence-electron chi connectivity index (χ1n) is 13.1. The minimum Gasteiger partial charge on any atom is -0.443 e. The normalized spacial score (nSPS) is 16.2. The van der Waals surface area contributed by atoms with Crippen LogP contribution in [-0.4, -0.2) is 43.8 Å². The van der Waals surface area contributed by atoms with Gasteiger partial charge in [0.15, 0.2) is 11.6 Å². The summed E-state index contributed by atoms with van der Waals surface area (Å²) in [6.45, 7) is 11.5. The molecule has 0 saturated heterocycles. The number of rotatable bonds is 3. The van der Waals surface area contributed by atoms with Crippen molar-refractivity contribution in [2.45, 2.75) is 97.4 Å². The molecule has 0 atom stereocenters. The van der Waals surface area contributed by atoms with Gasteiger partial charge in [-0.1, -0.05) is 18.0 Å². The number of aromatic nitrogens is 3. The van der Waals surface area contributed by atoms with E-state index in [0.717, 1.165) is 25.6 Å². The summed E-state index contributed by atoms with van der Waals surface area (Å²) in [5.41, 5.74) is -2.44. The van der Waals surface area contributed by atoms with Crippen molar-refractivity contribution in [3.8, 4) is 11.6 Å². The number of ether oxygens (including phenoxy) is 3. The molecule has 2 aromatic rings. The number of nitrogens with zero attached hydrogens (tertiary/aromatic N) is 4. The highest BCUT2D eigenvalue weighted by Crippen LogP contribution is 2.39. The summed E-state index contributed by atoms with van der Waals surface area (Å²) in [6.07, 6.45) is 2.86. The molecule has 1 N–H and O–H groups in total. The number of aryl methyl sites for hydroxylation is 1. The van der Waals surface area contributed by atoms with Crippen LogP contribution in [0, 0.1) is 6.92 Å². The Morgan fingerprint density at radius 1 is 1.00 bits per heavy atom. The summed E-state index contributed by atoms with van der Waals surface area (Å²) in [6, 6.07) is 1.44. The highest BCUT2D eigenvalue weighted by atomic mass is 35.5. The molecule has 3 heterocycles. The van der Waals surface area contributed by atoms with E-state index in [2.05, 4.69) is 15.3 Å². The smallest absolute Gasteiger partial charge is 0.425 e. The van der Waals surface area contributed by atoms with Gasteiger partial charge in [-0.05, 0) is 85.8 Å². The third-order valence-corrected chi connectivity index (χ3v) is 6.67. The molecule has 2 aromatic heterocycles. The van der Waals surface area contributed by atoms with Gasteiger partial charge in [-0.25, -0.2) is 14.6 Å². The summed E-state index contributed by atoms with van der Waals surface area (Å²) in [7, 11) is 0. The van der Waals surface area contributed by atoms with Crippen LogP contribution in [0.2, 0.25) is 5.02 Å². The molecule has 0 aromatic carbocycles. The topological polar surface area (TPSA) is 142 Å². The van der Waals surface area contributed by atoms with Crippen molar-refractivity contribution in [3.05, 3.63) is 39.0 Å². The maximum Gasteiger partial charge on any atom is 0.425 e. The molecule has 1 aliphatic carbocycles. The van der Waals surface area contributed by atoms with Gasteiger partial charge in [0.1, 0.15) is 33.9 Å².